The number of esters is 1. The minimum Gasteiger partial charge on any atom is -0.464 e. The van der Waals surface area contributed by atoms with E-state index in [1.807, 2.05) is 89.5 Å². The number of methoxy groups -OCH3 is 1. The van der Waals surface area contributed by atoms with Gasteiger partial charge in [-0.05, 0) is 29.1 Å². The smallest absolute Gasteiger partial charge is 0.355 e. The van der Waals surface area contributed by atoms with Crippen molar-refractivity contribution in [1.29, 1.82) is 0 Å². The van der Waals surface area contributed by atoms with E-state index in [9.17, 15) is 4.79 Å². The fraction of sp³-hybridized carbons (Fsp3) is 0.0385. The lowest BCUT2D eigenvalue weighted by Gasteiger charge is -2.20. The number of carbonyl (C=O) groups excluding carboxylic acids is 1. The molecule has 0 unspecified atom stereocenters. The molecule has 146 valence electrons. The molecular weight excluding hydrogens is 372 g/mol. The topological polar surface area (TPSA) is 57.2 Å². The van der Waals surface area contributed by atoms with Gasteiger partial charge in [-0.25, -0.2) is 4.79 Å². The highest BCUT2D eigenvalue weighted by atomic mass is 16.5. The number of anilines is 1. The Morgan fingerprint density at radius 3 is 2.27 bits per heavy atom. The van der Waals surface area contributed by atoms with Crippen molar-refractivity contribution in [3.05, 3.63) is 96.7 Å². The normalized spacial score (nSPS) is 11.1. The summed E-state index contributed by atoms with van der Waals surface area (Å²) in [7, 11) is 1.40. The quantitative estimate of drug-likeness (QED) is 0.311. The molecule has 0 fully saturated rings. The molecule has 0 bridgehead atoms. The van der Waals surface area contributed by atoms with Crippen molar-refractivity contribution < 1.29 is 9.53 Å². The summed E-state index contributed by atoms with van der Waals surface area (Å²) in [6, 6.07) is 29.9. The van der Waals surface area contributed by atoms with Gasteiger partial charge in [-0.1, -0.05) is 72.8 Å². The number of benzene rings is 4. The lowest BCUT2D eigenvalue weighted by molar-refractivity contribution is 0.0592. The molecule has 4 nitrogen and oxygen atoms in total. The molecule has 0 spiro atoms. The van der Waals surface area contributed by atoms with E-state index in [-0.39, 0.29) is 0 Å². The second kappa shape index (κ2) is 7.08. The minimum absolute atomic E-state index is 0.392. The molecule has 30 heavy (non-hydrogen) atoms. The van der Waals surface area contributed by atoms with E-state index in [1.54, 1.807) is 0 Å². The zero-order chi connectivity index (χ0) is 20.7. The van der Waals surface area contributed by atoms with Gasteiger partial charge in [-0.2, -0.15) is 0 Å². The zero-order valence-electron chi connectivity index (χ0n) is 16.5. The van der Waals surface area contributed by atoms with E-state index in [1.165, 1.54) is 7.11 Å². The summed E-state index contributed by atoms with van der Waals surface area (Å²) in [5.74, 6) is -0.392. The Kier molecular flexibility index (Phi) is 4.25. The Morgan fingerprint density at radius 1 is 0.833 bits per heavy atom. The highest BCUT2D eigenvalue weighted by Crippen LogP contribution is 2.40. The van der Waals surface area contributed by atoms with Crippen LogP contribution in [0, 0.1) is 0 Å². The standard InChI is InChI=1S/C26H20N2O2/c1-30-26(29)23-16-19-12-6-8-14-22(19)28(23)25-20-13-7-5-11-18(20)15-21(27)24(25)17-9-3-2-4-10-17/h2-16H,27H2,1H3. The maximum Gasteiger partial charge on any atom is 0.355 e. The summed E-state index contributed by atoms with van der Waals surface area (Å²) in [6.07, 6.45) is 0. The Labute approximate surface area is 174 Å². The van der Waals surface area contributed by atoms with Gasteiger partial charge in [0.05, 0.1) is 18.3 Å². The van der Waals surface area contributed by atoms with E-state index in [0.717, 1.165) is 38.5 Å². The van der Waals surface area contributed by atoms with Crippen LogP contribution in [0.25, 0.3) is 38.5 Å². The van der Waals surface area contributed by atoms with Crippen molar-refractivity contribution in [3.63, 3.8) is 0 Å². The number of para-hydroxylation sites is 1. The molecule has 4 aromatic carbocycles. The highest BCUT2D eigenvalue weighted by molar-refractivity contribution is 6.06. The van der Waals surface area contributed by atoms with Gasteiger partial charge in [0, 0.05) is 22.0 Å². The fourth-order valence-electron chi connectivity index (χ4n) is 4.14. The number of nitrogens with zero attached hydrogens (tertiary/aromatic N) is 1. The van der Waals surface area contributed by atoms with Crippen molar-refractivity contribution in [3.8, 4) is 16.8 Å². The van der Waals surface area contributed by atoms with Gasteiger partial charge in [0.15, 0.2) is 0 Å². The van der Waals surface area contributed by atoms with Gasteiger partial charge in [0.1, 0.15) is 5.69 Å². The van der Waals surface area contributed by atoms with Crippen molar-refractivity contribution in [1.82, 2.24) is 4.57 Å². The SMILES string of the molecule is COC(=O)c1cc2ccccc2n1-c1c(-c2ccccc2)c(N)cc2ccccc12. The number of nitrogens with two attached hydrogens (primary N) is 1. The van der Waals surface area contributed by atoms with Crippen LogP contribution in [0.15, 0.2) is 91.0 Å². The Bertz CT molecular complexity index is 1400. The first-order valence-corrected chi connectivity index (χ1v) is 9.75. The lowest BCUT2D eigenvalue weighted by Crippen LogP contribution is -2.11. The number of aromatic nitrogens is 1. The summed E-state index contributed by atoms with van der Waals surface area (Å²) in [5.41, 5.74) is 11.4. The van der Waals surface area contributed by atoms with Crippen LogP contribution in [-0.2, 0) is 4.74 Å². The van der Waals surface area contributed by atoms with E-state index in [2.05, 4.69) is 6.07 Å². The van der Waals surface area contributed by atoms with Crippen LogP contribution >= 0.6 is 0 Å². The van der Waals surface area contributed by atoms with E-state index < -0.39 is 5.97 Å². The molecule has 4 heteroatoms. The van der Waals surface area contributed by atoms with Crippen LogP contribution < -0.4 is 5.73 Å². The maximum absolute atomic E-state index is 12.8. The molecule has 2 N–H and O–H groups in total. The lowest BCUT2D eigenvalue weighted by atomic mass is 9.96. The number of fused-ring (bicyclic) bond motifs is 2. The van der Waals surface area contributed by atoms with Crippen LogP contribution in [0.3, 0.4) is 0 Å². The zero-order valence-corrected chi connectivity index (χ0v) is 16.5. The average molecular weight is 392 g/mol. The molecular formula is C26H20N2O2. The third kappa shape index (κ3) is 2.73. The van der Waals surface area contributed by atoms with Crippen LogP contribution in [-0.4, -0.2) is 17.6 Å². The number of carbonyl (C=O) groups is 1. The Balaban J connectivity index is 2.01. The maximum atomic E-state index is 12.8. The number of ether oxygens (including phenoxy) is 1. The highest BCUT2D eigenvalue weighted by Gasteiger charge is 2.23. The predicted octanol–water partition coefficient (Wildman–Crippen LogP) is 5.82. The monoisotopic (exact) mass is 392 g/mol. The van der Waals surface area contributed by atoms with Crippen molar-refractivity contribution in [2.75, 3.05) is 12.8 Å². The summed E-state index contributed by atoms with van der Waals surface area (Å²) in [4.78, 5) is 12.8. The molecule has 0 atom stereocenters. The molecule has 1 aromatic heterocycles. The van der Waals surface area contributed by atoms with Crippen molar-refractivity contribution in [2.24, 2.45) is 0 Å². The first-order chi connectivity index (χ1) is 14.7. The summed E-state index contributed by atoms with van der Waals surface area (Å²) in [6.45, 7) is 0. The van der Waals surface area contributed by atoms with E-state index >= 15 is 0 Å². The third-order valence-corrected chi connectivity index (χ3v) is 5.44. The largest absolute Gasteiger partial charge is 0.464 e. The van der Waals surface area contributed by atoms with E-state index in [0.29, 0.717) is 11.4 Å². The summed E-state index contributed by atoms with van der Waals surface area (Å²) >= 11 is 0. The summed E-state index contributed by atoms with van der Waals surface area (Å²) in [5, 5.41) is 2.98. The molecule has 0 aliphatic carbocycles. The first-order valence-electron chi connectivity index (χ1n) is 9.75. The number of nitrogen functional groups attached to an aromatic ring is 1. The van der Waals surface area contributed by atoms with Crippen LogP contribution in [0.1, 0.15) is 10.5 Å². The molecule has 5 rings (SSSR count). The van der Waals surface area contributed by atoms with Gasteiger partial charge in [-0.15, -0.1) is 0 Å². The van der Waals surface area contributed by atoms with Crippen LogP contribution in [0.4, 0.5) is 5.69 Å². The first kappa shape index (κ1) is 18.0. The molecule has 1 heterocycles. The minimum atomic E-state index is -0.392. The van der Waals surface area contributed by atoms with Gasteiger partial charge < -0.3 is 15.0 Å². The number of rotatable bonds is 3. The molecule has 0 saturated carbocycles. The third-order valence-electron chi connectivity index (χ3n) is 5.44. The van der Waals surface area contributed by atoms with Gasteiger partial charge in [0.2, 0.25) is 0 Å². The molecule has 0 aliphatic rings. The van der Waals surface area contributed by atoms with Gasteiger partial charge >= 0.3 is 5.97 Å². The Hall–Kier alpha value is -4.05. The fourth-order valence-corrected chi connectivity index (χ4v) is 4.14. The van der Waals surface area contributed by atoms with Crippen LogP contribution in [0.2, 0.25) is 0 Å². The number of hydrogen-bond donors (Lipinski definition) is 1. The second-order valence-corrected chi connectivity index (χ2v) is 7.19. The average Bonchev–Trinajstić information content (AvgIpc) is 3.17. The molecule has 0 radical (unpaired) electrons. The molecule has 5 aromatic rings. The molecule has 0 saturated heterocycles. The van der Waals surface area contributed by atoms with E-state index in [4.69, 9.17) is 10.5 Å². The van der Waals surface area contributed by atoms with Crippen LogP contribution in [0.5, 0.6) is 0 Å². The van der Waals surface area contributed by atoms with Crippen molar-refractivity contribution in [2.45, 2.75) is 0 Å². The van der Waals surface area contributed by atoms with Gasteiger partial charge in [-0.3, -0.25) is 0 Å². The molecule has 0 aliphatic heterocycles. The number of hydrogen-bond acceptors (Lipinski definition) is 3. The molecule has 0 amide bonds. The van der Waals surface area contributed by atoms with Crippen molar-refractivity contribution >= 4 is 33.3 Å². The predicted molar refractivity (Wildman–Crippen MR) is 122 cm³/mol. The summed E-state index contributed by atoms with van der Waals surface area (Å²) < 4.78 is 7.10. The second-order valence-electron chi connectivity index (χ2n) is 7.19. The Morgan fingerprint density at radius 2 is 1.50 bits per heavy atom. The van der Waals surface area contributed by atoms with Gasteiger partial charge in [0.25, 0.3) is 0 Å².